The molecular formula is C20H25N3O2. The van der Waals surface area contributed by atoms with Crippen molar-refractivity contribution in [1.29, 1.82) is 0 Å². The lowest BCUT2D eigenvalue weighted by molar-refractivity contribution is 0.255. The summed E-state index contributed by atoms with van der Waals surface area (Å²) in [4.78, 5) is 16.4. The SMILES string of the molecule is CN=C(/C=C/NC(=O)Nc1ccc(OC)c2ccccc12)C(C)(C)C. The molecule has 2 N–H and O–H groups in total. The number of ether oxygens (including phenoxy) is 1. The monoisotopic (exact) mass is 339 g/mol. The zero-order valence-corrected chi connectivity index (χ0v) is 15.4. The highest BCUT2D eigenvalue weighted by molar-refractivity contribution is 6.04. The van der Waals surface area contributed by atoms with Crippen molar-refractivity contribution in [2.45, 2.75) is 20.8 Å². The van der Waals surface area contributed by atoms with Gasteiger partial charge in [-0.2, -0.15) is 0 Å². The number of methoxy groups -OCH3 is 1. The first-order chi connectivity index (χ1) is 11.9. The predicted molar refractivity (Wildman–Crippen MR) is 105 cm³/mol. The van der Waals surface area contributed by atoms with Gasteiger partial charge in [0.1, 0.15) is 5.75 Å². The second-order valence-corrected chi connectivity index (χ2v) is 6.65. The predicted octanol–water partition coefficient (Wildman–Crippen LogP) is 4.60. The van der Waals surface area contributed by atoms with Gasteiger partial charge in [0.2, 0.25) is 0 Å². The second-order valence-electron chi connectivity index (χ2n) is 6.65. The van der Waals surface area contributed by atoms with E-state index in [0.29, 0.717) is 0 Å². The Morgan fingerprint density at radius 3 is 2.40 bits per heavy atom. The van der Waals surface area contributed by atoms with E-state index in [1.807, 2.05) is 42.5 Å². The van der Waals surface area contributed by atoms with Crippen molar-refractivity contribution in [2.75, 3.05) is 19.5 Å². The molecular weight excluding hydrogens is 314 g/mol. The van der Waals surface area contributed by atoms with Crippen LogP contribution >= 0.6 is 0 Å². The Kier molecular flexibility index (Phi) is 5.80. The van der Waals surface area contributed by atoms with E-state index in [-0.39, 0.29) is 11.4 Å². The first kappa shape index (κ1) is 18.5. The van der Waals surface area contributed by atoms with Crippen molar-refractivity contribution in [2.24, 2.45) is 10.4 Å². The van der Waals surface area contributed by atoms with Gasteiger partial charge in [-0.25, -0.2) is 4.79 Å². The van der Waals surface area contributed by atoms with Crippen LogP contribution in [0.5, 0.6) is 5.75 Å². The molecule has 0 radical (unpaired) electrons. The number of allylic oxidation sites excluding steroid dienone is 1. The van der Waals surface area contributed by atoms with Crippen molar-refractivity contribution in [3.8, 4) is 5.75 Å². The molecule has 5 heteroatoms. The number of amides is 2. The maximum Gasteiger partial charge on any atom is 0.323 e. The first-order valence-corrected chi connectivity index (χ1v) is 8.14. The number of urea groups is 1. The van der Waals surface area contributed by atoms with Crippen LogP contribution in [0, 0.1) is 5.41 Å². The number of hydrogen-bond donors (Lipinski definition) is 2. The molecule has 2 aromatic carbocycles. The largest absolute Gasteiger partial charge is 0.496 e. The maximum atomic E-state index is 12.2. The molecule has 2 rings (SSSR count). The standard InChI is InChI=1S/C20H25N3O2/c1-20(2,3)18(21-4)12-13-22-19(24)23-16-10-11-17(25-5)15-9-7-6-8-14(15)16/h6-13H,1-5H3,(H2,22,23,24)/b13-12+,21-18?. The Hall–Kier alpha value is -2.82. The number of fused-ring (bicyclic) bond motifs is 1. The summed E-state index contributed by atoms with van der Waals surface area (Å²) in [5.74, 6) is 0.774. The van der Waals surface area contributed by atoms with E-state index in [2.05, 4.69) is 36.4 Å². The molecule has 25 heavy (non-hydrogen) atoms. The zero-order chi connectivity index (χ0) is 18.4. The van der Waals surface area contributed by atoms with Crippen molar-refractivity contribution >= 4 is 28.2 Å². The summed E-state index contributed by atoms with van der Waals surface area (Å²) in [6, 6.07) is 11.1. The number of carbonyl (C=O) groups is 1. The van der Waals surface area contributed by atoms with E-state index in [4.69, 9.17) is 4.74 Å². The first-order valence-electron chi connectivity index (χ1n) is 8.14. The number of benzene rings is 2. The average Bonchev–Trinajstić information content (AvgIpc) is 2.58. The van der Waals surface area contributed by atoms with Crippen molar-refractivity contribution in [1.82, 2.24) is 5.32 Å². The third-order valence-corrected chi connectivity index (χ3v) is 3.82. The summed E-state index contributed by atoms with van der Waals surface area (Å²) in [5.41, 5.74) is 1.56. The van der Waals surface area contributed by atoms with Gasteiger partial charge in [0.05, 0.1) is 12.8 Å². The highest BCUT2D eigenvalue weighted by atomic mass is 16.5. The van der Waals surface area contributed by atoms with Crippen molar-refractivity contribution in [3.63, 3.8) is 0 Å². The molecule has 2 aromatic rings. The fraction of sp³-hybridized carbons (Fsp3) is 0.300. The summed E-state index contributed by atoms with van der Waals surface area (Å²) >= 11 is 0. The third kappa shape index (κ3) is 4.59. The highest BCUT2D eigenvalue weighted by Gasteiger charge is 2.15. The Morgan fingerprint density at radius 2 is 1.80 bits per heavy atom. The lowest BCUT2D eigenvalue weighted by Crippen LogP contribution is -2.25. The zero-order valence-electron chi connectivity index (χ0n) is 15.4. The minimum Gasteiger partial charge on any atom is -0.496 e. The van der Waals surface area contributed by atoms with Crippen molar-refractivity contribution in [3.05, 3.63) is 48.7 Å². The van der Waals surface area contributed by atoms with Gasteiger partial charge in [-0.1, -0.05) is 45.0 Å². The molecule has 0 aliphatic rings. The summed E-state index contributed by atoms with van der Waals surface area (Å²) < 4.78 is 5.37. The molecule has 0 heterocycles. The number of anilines is 1. The molecule has 0 aromatic heterocycles. The van der Waals surface area contributed by atoms with Crippen LogP contribution in [-0.2, 0) is 0 Å². The van der Waals surface area contributed by atoms with Crippen LogP contribution in [-0.4, -0.2) is 25.9 Å². The molecule has 0 atom stereocenters. The van der Waals surface area contributed by atoms with E-state index in [1.54, 1.807) is 20.4 Å². The van der Waals surface area contributed by atoms with Crippen LogP contribution < -0.4 is 15.4 Å². The van der Waals surface area contributed by atoms with Gasteiger partial charge in [-0.05, 0) is 18.2 Å². The van der Waals surface area contributed by atoms with Crippen molar-refractivity contribution < 1.29 is 9.53 Å². The summed E-state index contributed by atoms with van der Waals surface area (Å²) in [7, 11) is 3.38. The van der Waals surface area contributed by atoms with E-state index < -0.39 is 0 Å². The van der Waals surface area contributed by atoms with Crippen LogP contribution in [0.2, 0.25) is 0 Å². The molecule has 0 aliphatic heterocycles. The summed E-state index contributed by atoms with van der Waals surface area (Å²) in [6.45, 7) is 6.22. The normalized spacial score (nSPS) is 12.4. The van der Waals surface area contributed by atoms with Gasteiger partial charge in [-0.15, -0.1) is 0 Å². The highest BCUT2D eigenvalue weighted by Crippen LogP contribution is 2.31. The van der Waals surface area contributed by atoms with Gasteiger partial charge in [0.15, 0.2) is 0 Å². The van der Waals surface area contributed by atoms with E-state index in [1.165, 1.54) is 0 Å². The smallest absolute Gasteiger partial charge is 0.323 e. The van der Waals surface area contributed by atoms with E-state index in [0.717, 1.165) is 27.9 Å². The second kappa shape index (κ2) is 7.83. The van der Waals surface area contributed by atoms with Crippen LogP contribution in [0.1, 0.15) is 20.8 Å². The Bertz CT molecular complexity index is 817. The van der Waals surface area contributed by atoms with E-state index >= 15 is 0 Å². The van der Waals surface area contributed by atoms with E-state index in [9.17, 15) is 4.79 Å². The number of aliphatic imine (C=N–C) groups is 1. The fourth-order valence-electron chi connectivity index (χ4n) is 2.57. The average molecular weight is 339 g/mol. The minimum absolute atomic E-state index is 0.0738. The van der Waals surface area contributed by atoms with Crippen LogP contribution in [0.15, 0.2) is 53.7 Å². The molecule has 0 aliphatic carbocycles. The molecule has 2 amide bonds. The van der Waals surface area contributed by atoms with Gasteiger partial charge < -0.3 is 15.4 Å². The van der Waals surface area contributed by atoms with Crippen LogP contribution in [0.4, 0.5) is 10.5 Å². The summed E-state index contributed by atoms with van der Waals surface area (Å²) in [6.07, 6.45) is 3.42. The van der Waals surface area contributed by atoms with Crippen LogP contribution in [0.25, 0.3) is 10.8 Å². The molecule has 0 spiro atoms. The molecule has 132 valence electrons. The summed E-state index contributed by atoms with van der Waals surface area (Å²) in [5, 5.41) is 7.46. The van der Waals surface area contributed by atoms with Gasteiger partial charge in [0, 0.05) is 35.1 Å². The maximum absolute atomic E-state index is 12.2. The molecule has 0 bridgehead atoms. The van der Waals surface area contributed by atoms with Crippen LogP contribution in [0.3, 0.4) is 0 Å². The third-order valence-electron chi connectivity index (χ3n) is 3.82. The fourth-order valence-corrected chi connectivity index (χ4v) is 2.57. The molecule has 0 saturated carbocycles. The Labute approximate surface area is 148 Å². The molecule has 0 fully saturated rings. The van der Waals surface area contributed by atoms with Gasteiger partial charge in [0.25, 0.3) is 0 Å². The molecule has 0 saturated heterocycles. The lowest BCUT2D eigenvalue weighted by atomic mass is 9.90. The number of rotatable bonds is 4. The lowest BCUT2D eigenvalue weighted by Gasteiger charge is -2.18. The quantitative estimate of drug-likeness (QED) is 0.800. The molecule has 5 nitrogen and oxygen atoms in total. The number of carbonyl (C=O) groups excluding carboxylic acids is 1. The molecule has 0 unspecified atom stereocenters. The number of nitrogens with one attached hydrogen (secondary N) is 2. The van der Waals surface area contributed by atoms with Gasteiger partial charge >= 0.3 is 6.03 Å². The number of hydrogen-bond acceptors (Lipinski definition) is 3. The Morgan fingerprint density at radius 1 is 1.12 bits per heavy atom. The minimum atomic E-state index is -0.309. The number of nitrogens with zero attached hydrogens (tertiary/aromatic N) is 1. The Balaban J connectivity index is 2.13. The van der Waals surface area contributed by atoms with Gasteiger partial charge in [-0.3, -0.25) is 4.99 Å². The topological polar surface area (TPSA) is 62.7 Å².